The second-order valence-electron chi connectivity index (χ2n) is 7.53. The van der Waals surface area contributed by atoms with Crippen LogP contribution < -0.4 is 10.8 Å². The van der Waals surface area contributed by atoms with E-state index < -0.39 is 12.3 Å². The lowest BCUT2D eigenvalue weighted by Crippen LogP contribution is -2.51. The van der Waals surface area contributed by atoms with E-state index in [0.717, 1.165) is 35.6 Å². The highest BCUT2D eigenvalue weighted by molar-refractivity contribution is 5.89. The van der Waals surface area contributed by atoms with Gasteiger partial charge < -0.3 is 10.1 Å². The van der Waals surface area contributed by atoms with E-state index in [-0.39, 0.29) is 24.2 Å². The number of carbonyl (C=O) groups excluding carboxylic acids is 2. The molecule has 1 fully saturated rings. The van der Waals surface area contributed by atoms with Crippen LogP contribution in [0.3, 0.4) is 0 Å². The van der Waals surface area contributed by atoms with Gasteiger partial charge in [0.25, 0.3) is 5.91 Å². The van der Waals surface area contributed by atoms with Crippen molar-refractivity contribution in [2.24, 2.45) is 5.92 Å². The standard InChI is InChI=1S/C22H28N2O4/c1-15(2)21(22(26)24-28-20-9-5-6-12-27-20)23-19(25)14-16-10-11-17-7-3-4-8-18(17)13-16/h3-4,7-8,10-11,13,15,20-21H,5-6,9,12,14H2,1-2H3,(H,23,25)(H,24,26). The first-order valence-corrected chi connectivity index (χ1v) is 9.87. The van der Waals surface area contributed by atoms with Gasteiger partial charge in [-0.1, -0.05) is 56.3 Å². The number of hydrogen-bond donors (Lipinski definition) is 2. The van der Waals surface area contributed by atoms with Crippen molar-refractivity contribution in [1.29, 1.82) is 0 Å². The van der Waals surface area contributed by atoms with Gasteiger partial charge in [-0.05, 0) is 35.1 Å². The van der Waals surface area contributed by atoms with E-state index in [0.29, 0.717) is 6.61 Å². The maximum atomic E-state index is 12.5. The highest BCUT2D eigenvalue weighted by Crippen LogP contribution is 2.16. The molecule has 0 radical (unpaired) electrons. The average Bonchev–Trinajstić information content (AvgIpc) is 2.70. The smallest absolute Gasteiger partial charge is 0.266 e. The zero-order valence-corrected chi connectivity index (χ0v) is 16.4. The molecule has 2 N–H and O–H groups in total. The van der Waals surface area contributed by atoms with E-state index in [1.165, 1.54) is 0 Å². The molecule has 3 rings (SSSR count). The van der Waals surface area contributed by atoms with Crippen molar-refractivity contribution < 1.29 is 19.2 Å². The van der Waals surface area contributed by atoms with Gasteiger partial charge in [-0.25, -0.2) is 10.3 Å². The fraction of sp³-hybridized carbons (Fsp3) is 0.455. The number of ether oxygens (including phenoxy) is 1. The Labute approximate surface area is 165 Å². The molecular formula is C22H28N2O4. The summed E-state index contributed by atoms with van der Waals surface area (Å²) in [5, 5.41) is 5.05. The maximum Gasteiger partial charge on any atom is 0.266 e. The van der Waals surface area contributed by atoms with Crippen LogP contribution >= 0.6 is 0 Å². The van der Waals surface area contributed by atoms with E-state index in [2.05, 4.69) is 10.8 Å². The average molecular weight is 384 g/mol. The van der Waals surface area contributed by atoms with Crippen molar-refractivity contribution in [2.45, 2.75) is 51.9 Å². The van der Waals surface area contributed by atoms with E-state index in [1.807, 2.05) is 56.3 Å². The van der Waals surface area contributed by atoms with Crippen LogP contribution in [0.5, 0.6) is 0 Å². The normalized spacial score (nSPS) is 18.0. The minimum absolute atomic E-state index is 0.0728. The Hall–Kier alpha value is -2.44. The fourth-order valence-electron chi connectivity index (χ4n) is 3.28. The summed E-state index contributed by atoms with van der Waals surface area (Å²) in [6.45, 7) is 4.41. The molecule has 150 valence electrons. The van der Waals surface area contributed by atoms with E-state index >= 15 is 0 Å². The Kier molecular flexibility index (Phi) is 7.01. The van der Waals surface area contributed by atoms with Gasteiger partial charge in [0.05, 0.1) is 6.42 Å². The lowest BCUT2D eigenvalue weighted by molar-refractivity contribution is -0.201. The van der Waals surface area contributed by atoms with Crippen molar-refractivity contribution in [3.63, 3.8) is 0 Å². The summed E-state index contributed by atoms with van der Waals surface area (Å²) < 4.78 is 5.44. The van der Waals surface area contributed by atoms with Crippen LogP contribution in [0.15, 0.2) is 42.5 Å². The molecule has 0 saturated carbocycles. The van der Waals surface area contributed by atoms with Gasteiger partial charge in [0, 0.05) is 13.0 Å². The molecule has 0 spiro atoms. The van der Waals surface area contributed by atoms with Crippen molar-refractivity contribution >= 4 is 22.6 Å². The molecule has 0 aliphatic carbocycles. The number of fused-ring (bicyclic) bond motifs is 1. The Bertz CT molecular complexity index is 815. The third-order valence-corrected chi connectivity index (χ3v) is 4.87. The second-order valence-corrected chi connectivity index (χ2v) is 7.53. The van der Waals surface area contributed by atoms with Crippen LogP contribution in [0.4, 0.5) is 0 Å². The van der Waals surface area contributed by atoms with E-state index in [1.54, 1.807) is 0 Å². The first kappa shape index (κ1) is 20.3. The second kappa shape index (κ2) is 9.66. The van der Waals surface area contributed by atoms with Gasteiger partial charge >= 0.3 is 0 Å². The molecule has 0 bridgehead atoms. The molecule has 1 aliphatic heterocycles. The van der Waals surface area contributed by atoms with E-state index in [4.69, 9.17) is 9.57 Å². The third-order valence-electron chi connectivity index (χ3n) is 4.87. The van der Waals surface area contributed by atoms with Gasteiger partial charge in [-0.2, -0.15) is 0 Å². The Morgan fingerprint density at radius 3 is 2.64 bits per heavy atom. The van der Waals surface area contributed by atoms with Gasteiger partial charge in [0.2, 0.25) is 5.91 Å². The molecule has 2 atom stereocenters. The minimum Gasteiger partial charge on any atom is -0.350 e. The lowest BCUT2D eigenvalue weighted by Gasteiger charge is -2.25. The molecule has 2 unspecified atom stereocenters. The predicted molar refractivity (Wildman–Crippen MR) is 107 cm³/mol. The quantitative estimate of drug-likeness (QED) is 0.719. The van der Waals surface area contributed by atoms with Gasteiger partial charge in [0.1, 0.15) is 6.04 Å². The van der Waals surface area contributed by atoms with Crippen molar-refractivity contribution in [3.05, 3.63) is 48.0 Å². The first-order chi connectivity index (χ1) is 13.5. The zero-order valence-electron chi connectivity index (χ0n) is 16.4. The van der Waals surface area contributed by atoms with Crippen LogP contribution in [0.1, 0.15) is 38.7 Å². The SMILES string of the molecule is CC(C)C(NC(=O)Cc1ccc2ccccc2c1)C(=O)NOC1CCCCO1. The number of benzene rings is 2. The predicted octanol–water partition coefficient (Wildman–Crippen LogP) is 3.10. The number of hydroxylamine groups is 1. The summed E-state index contributed by atoms with van der Waals surface area (Å²) in [7, 11) is 0. The van der Waals surface area contributed by atoms with Gasteiger partial charge in [-0.15, -0.1) is 0 Å². The number of nitrogens with one attached hydrogen (secondary N) is 2. The lowest BCUT2D eigenvalue weighted by atomic mass is 10.0. The number of rotatable bonds is 7. The molecule has 2 aromatic carbocycles. The zero-order chi connectivity index (χ0) is 19.9. The molecule has 0 aromatic heterocycles. The van der Waals surface area contributed by atoms with E-state index in [9.17, 15) is 9.59 Å². The van der Waals surface area contributed by atoms with Crippen LogP contribution in [0, 0.1) is 5.92 Å². The minimum atomic E-state index is -0.670. The Balaban J connectivity index is 1.55. The Morgan fingerprint density at radius 1 is 1.14 bits per heavy atom. The van der Waals surface area contributed by atoms with Crippen LogP contribution in [-0.2, 0) is 25.6 Å². The molecule has 2 amide bonds. The molecule has 6 heteroatoms. The first-order valence-electron chi connectivity index (χ1n) is 9.87. The summed E-state index contributed by atoms with van der Waals surface area (Å²) in [6.07, 6.45) is 2.57. The largest absolute Gasteiger partial charge is 0.350 e. The fourth-order valence-corrected chi connectivity index (χ4v) is 3.28. The molecule has 28 heavy (non-hydrogen) atoms. The van der Waals surface area contributed by atoms with Crippen molar-refractivity contribution in [1.82, 2.24) is 10.8 Å². The highest BCUT2D eigenvalue weighted by Gasteiger charge is 2.26. The van der Waals surface area contributed by atoms with Crippen LogP contribution in [0.2, 0.25) is 0 Å². The molecular weight excluding hydrogens is 356 g/mol. The number of carbonyl (C=O) groups is 2. The molecule has 1 aliphatic rings. The van der Waals surface area contributed by atoms with Crippen LogP contribution in [0.25, 0.3) is 10.8 Å². The van der Waals surface area contributed by atoms with Gasteiger partial charge in [0.15, 0.2) is 6.29 Å². The summed E-state index contributed by atoms with van der Waals surface area (Å²) >= 11 is 0. The molecule has 1 heterocycles. The molecule has 2 aromatic rings. The number of hydrogen-bond acceptors (Lipinski definition) is 4. The Morgan fingerprint density at radius 2 is 1.93 bits per heavy atom. The maximum absolute atomic E-state index is 12.5. The number of amides is 2. The summed E-state index contributed by atoms with van der Waals surface area (Å²) in [5.41, 5.74) is 3.36. The third kappa shape index (κ3) is 5.53. The monoisotopic (exact) mass is 384 g/mol. The topological polar surface area (TPSA) is 76.7 Å². The summed E-state index contributed by atoms with van der Waals surface area (Å²) in [5.74, 6) is -0.634. The van der Waals surface area contributed by atoms with Crippen LogP contribution in [-0.4, -0.2) is 30.8 Å². The molecule has 6 nitrogen and oxygen atoms in total. The van der Waals surface area contributed by atoms with Crippen molar-refractivity contribution in [2.75, 3.05) is 6.61 Å². The summed E-state index contributed by atoms with van der Waals surface area (Å²) in [6, 6.07) is 13.3. The molecule has 1 saturated heterocycles. The van der Waals surface area contributed by atoms with Gasteiger partial charge in [-0.3, -0.25) is 9.59 Å². The highest BCUT2D eigenvalue weighted by atomic mass is 16.8. The summed E-state index contributed by atoms with van der Waals surface area (Å²) in [4.78, 5) is 30.4. The van der Waals surface area contributed by atoms with Crippen molar-refractivity contribution in [3.8, 4) is 0 Å².